The number of carbonyl (C=O) groups is 1. The third kappa shape index (κ3) is 2.25. The molecule has 0 radical (unpaired) electrons. The summed E-state index contributed by atoms with van der Waals surface area (Å²) in [6.45, 7) is 0. The van der Waals surface area contributed by atoms with E-state index in [0.717, 1.165) is 10.9 Å². The van der Waals surface area contributed by atoms with E-state index in [1.165, 1.54) is 6.20 Å². The highest BCUT2D eigenvalue weighted by atomic mass is 16.3. The highest BCUT2D eigenvalue weighted by Crippen LogP contribution is 2.32. The van der Waals surface area contributed by atoms with E-state index in [2.05, 4.69) is 10.2 Å². The van der Waals surface area contributed by atoms with E-state index < -0.39 is 0 Å². The topological polar surface area (TPSA) is 66.0 Å². The predicted octanol–water partition coefficient (Wildman–Crippen LogP) is 4.17. The van der Waals surface area contributed by atoms with E-state index in [4.69, 9.17) is 0 Å². The fourth-order valence-electron chi connectivity index (χ4n) is 2.87. The third-order valence-corrected chi connectivity index (χ3v) is 4.09. The van der Waals surface area contributed by atoms with Crippen LogP contribution in [0.2, 0.25) is 0 Å². The van der Waals surface area contributed by atoms with Crippen molar-refractivity contribution < 1.29 is 9.90 Å². The fraction of sp³-hybridized carbons (Fsp3) is 0. The Morgan fingerprint density at radius 3 is 2.46 bits per heavy atom. The molecule has 4 rings (SSSR count). The lowest BCUT2D eigenvalue weighted by atomic mass is 9.97. The molecular formula is C20H14N2O2. The first kappa shape index (κ1) is 14.2. The van der Waals surface area contributed by atoms with Gasteiger partial charge in [0.15, 0.2) is 0 Å². The molecule has 2 N–H and O–H groups in total. The van der Waals surface area contributed by atoms with Gasteiger partial charge >= 0.3 is 0 Å². The molecule has 0 aliphatic carbocycles. The molecule has 0 saturated carbocycles. The molecule has 0 aliphatic rings. The standard InChI is InChI=1S/C20H14N2O2/c23-19-15-9-5-4-6-13(15)10-11-16(19)20(24)17-12-21-22-18(17)14-7-2-1-3-8-14/h1-12,23H,(H,21,22). The first-order chi connectivity index (χ1) is 11.8. The van der Waals surface area contributed by atoms with Crippen molar-refractivity contribution in [2.24, 2.45) is 0 Å². The number of fused-ring (bicyclic) bond motifs is 1. The molecule has 24 heavy (non-hydrogen) atoms. The van der Waals surface area contributed by atoms with Gasteiger partial charge in [0.2, 0.25) is 5.78 Å². The summed E-state index contributed by atoms with van der Waals surface area (Å²) in [5, 5.41) is 19.0. The van der Waals surface area contributed by atoms with Gasteiger partial charge in [-0.25, -0.2) is 0 Å². The molecule has 1 aromatic heterocycles. The molecule has 4 aromatic rings. The van der Waals surface area contributed by atoms with Gasteiger partial charge in [-0.1, -0.05) is 60.7 Å². The van der Waals surface area contributed by atoms with Gasteiger partial charge in [0.25, 0.3) is 0 Å². The average molecular weight is 314 g/mol. The van der Waals surface area contributed by atoms with Crippen LogP contribution in [0, 0.1) is 0 Å². The number of nitrogens with one attached hydrogen (secondary N) is 1. The zero-order valence-corrected chi connectivity index (χ0v) is 12.7. The summed E-state index contributed by atoms with van der Waals surface area (Å²) in [5.74, 6) is -0.260. The minimum atomic E-state index is -0.258. The number of ketones is 1. The van der Waals surface area contributed by atoms with Crippen molar-refractivity contribution in [3.05, 3.63) is 84.1 Å². The quantitative estimate of drug-likeness (QED) is 0.558. The second-order valence-corrected chi connectivity index (χ2v) is 5.54. The minimum absolute atomic E-state index is 0.00156. The first-order valence-corrected chi connectivity index (χ1v) is 7.60. The van der Waals surface area contributed by atoms with E-state index in [1.807, 2.05) is 54.6 Å². The van der Waals surface area contributed by atoms with E-state index in [-0.39, 0.29) is 17.1 Å². The molecule has 0 fully saturated rings. The molecule has 4 heteroatoms. The Balaban J connectivity index is 1.84. The predicted molar refractivity (Wildman–Crippen MR) is 93.1 cm³/mol. The van der Waals surface area contributed by atoms with Crippen LogP contribution in [0.1, 0.15) is 15.9 Å². The molecular weight excluding hydrogens is 300 g/mol. The van der Waals surface area contributed by atoms with Gasteiger partial charge in [0.05, 0.1) is 23.0 Å². The van der Waals surface area contributed by atoms with Gasteiger partial charge in [-0.2, -0.15) is 5.10 Å². The molecule has 0 unspecified atom stereocenters. The van der Waals surface area contributed by atoms with E-state index in [1.54, 1.807) is 12.1 Å². The monoisotopic (exact) mass is 314 g/mol. The Morgan fingerprint density at radius 2 is 1.62 bits per heavy atom. The molecule has 0 aliphatic heterocycles. The number of phenolic OH excluding ortho intramolecular Hbond substituents is 1. The Morgan fingerprint density at radius 1 is 0.875 bits per heavy atom. The Kier molecular flexibility index (Phi) is 3.35. The van der Waals surface area contributed by atoms with Crippen molar-refractivity contribution in [1.29, 1.82) is 0 Å². The van der Waals surface area contributed by atoms with Crippen molar-refractivity contribution in [1.82, 2.24) is 10.2 Å². The largest absolute Gasteiger partial charge is 0.507 e. The molecule has 3 aromatic carbocycles. The fourth-order valence-corrected chi connectivity index (χ4v) is 2.87. The number of rotatable bonds is 3. The van der Waals surface area contributed by atoms with Crippen LogP contribution in [0.5, 0.6) is 5.75 Å². The zero-order valence-electron chi connectivity index (χ0n) is 12.7. The van der Waals surface area contributed by atoms with Gasteiger partial charge in [0, 0.05) is 10.9 Å². The number of aromatic hydroxyl groups is 1. The van der Waals surface area contributed by atoms with Crippen LogP contribution < -0.4 is 0 Å². The van der Waals surface area contributed by atoms with Gasteiger partial charge in [-0.05, 0) is 11.5 Å². The molecule has 4 nitrogen and oxygen atoms in total. The summed E-state index contributed by atoms with van der Waals surface area (Å²) >= 11 is 0. The summed E-state index contributed by atoms with van der Waals surface area (Å²) in [7, 11) is 0. The van der Waals surface area contributed by atoms with Crippen molar-refractivity contribution in [3.63, 3.8) is 0 Å². The smallest absolute Gasteiger partial charge is 0.200 e. The van der Waals surface area contributed by atoms with Crippen molar-refractivity contribution in [2.75, 3.05) is 0 Å². The van der Waals surface area contributed by atoms with Crippen molar-refractivity contribution in [3.8, 4) is 17.0 Å². The maximum atomic E-state index is 12.9. The second kappa shape index (κ2) is 5.66. The Bertz CT molecular complexity index is 1040. The van der Waals surface area contributed by atoms with Gasteiger partial charge in [0.1, 0.15) is 5.75 Å². The molecule has 0 saturated heterocycles. The summed E-state index contributed by atoms with van der Waals surface area (Å²) in [6.07, 6.45) is 1.50. The third-order valence-electron chi connectivity index (χ3n) is 4.09. The van der Waals surface area contributed by atoms with Crippen LogP contribution in [0.3, 0.4) is 0 Å². The summed E-state index contributed by atoms with van der Waals surface area (Å²) < 4.78 is 0. The lowest BCUT2D eigenvalue weighted by molar-refractivity contribution is 0.103. The summed E-state index contributed by atoms with van der Waals surface area (Å²) in [6, 6.07) is 20.5. The van der Waals surface area contributed by atoms with Crippen LogP contribution in [0.15, 0.2) is 72.9 Å². The number of hydrogen-bond donors (Lipinski definition) is 2. The Hall–Kier alpha value is -3.40. The lowest BCUT2D eigenvalue weighted by Gasteiger charge is -2.08. The number of hydrogen-bond acceptors (Lipinski definition) is 3. The summed E-state index contributed by atoms with van der Waals surface area (Å²) in [5.41, 5.74) is 2.23. The number of aromatic amines is 1. The minimum Gasteiger partial charge on any atom is -0.507 e. The van der Waals surface area contributed by atoms with E-state index in [9.17, 15) is 9.90 Å². The lowest BCUT2D eigenvalue weighted by Crippen LogP contribution is -2.02. The van der Waals surface area contributed by atoms with Crippen molar-refractivity contribution >= 4 is 16.6 Å². The van der Waals surface area contributed by atoms with Crippen LogP contribution in [-0.2, 0) is 0 Å². The van der Waals surface area contributed by atoms with Crippen LogP contribution >= 0.6 is 0 Å². The molecule has 0 atom stereocenters. The Labute approximate surface area is 138 Å². The van der Waals surface area contributed by atoms with Crippen LogP contribution in [0.25, 0.3) is 22.0 Å². The van der Waals surface area contributed by atoms with E-state index >= 15 is 0 Å². The highest BCUT2D eigenvalue weighted by molar-refractivity contribution is 6.16. The molecule has 1 heterocycles. The molecule has 0 amide bonds. The van der Waals surface area contributed by atoms with Crippen LogP contribution in [0.4, 0.5) is 0 Å². The maximum absolute atomic E-state index is 12.9. The number of H-pyrrole nitrogens is 1. The second-order valence-electron chi connectivity index (χ2n) is 5.54. The molecule has 0 bridgehead atoms. The molecule has 0 spiro atoms. The SMILES string of the molecule is O=C(c1cn[nH]c1-c1ccccc1)c1ccc2ccccc2c1O. The van der Waals surface area contributed by atoms with E-state index in [0.29, 0.717) is 16.6 Å². The first-order valence-electron chi connectivity index (χ1n) is 7.60. The summed E-state index contributed by atoms with van der Waals surface area (Å²) in [4.78, 5) is 12.9. The van der Waals surface area contributed by atoms with Gasteiger partial charge in [-0.3, -0.25) is 9.89 Å². The number of nitrogens with zero attached hydrogens (tertiary/aromatic N) is 1. The van der Waals surface area contributed by atoms with Gasteiger partial charge in [-0.15, -0.1) is 0 Å². The molecule has 116 valence electrons. The zero-order chi connectivity index (χ0) is 16.5. The maximum Gasteiger partial charge on any atom is 0.200 e. The number of benzene rings is 3. The highest BCUT2D eigenvalue weighted by Gasteiger charge is 2.20. The number of aromatic nitrogens is 2. The average Bonchev–Trinajstić information content (AvgIpc) is 3.12. The van der Waals surface area contributed by atoms with Crippen LogP contribution in [-0.4, -0.2) is 21.1 Å². The van der Waals surface area contributed by atoms with Crippen molar-refractivity contribution in [2.45, 2.75) is 0 Å². The number of carbonyl (C=O) groups excluding carboxylic acids is 1. The number of phenols is 1. The van der Waals surface area contributed by atoms with Gasteiger partial charge < -0.3 is 5.11 Å². The normalized spacial score (nSPS) is 10.8.